The third kappa shape index (κ3) is 2.98. The van der Waals surface area contributed by atoms with Gasteiger partial charge in [-0.3, -0.25) is 0 Å². The van der Waals surface area contributed by atoms with E-state index >= 15 is 0 Å². The molecule has 3 aliphatic rings. The Bertz CT molecular complexity index is 1190. The van der Waals surface area contributed by atoms with Gasteiger partial charge in [0.2, 0.25) is 5.88 Å². The molecular weight excluding hydrogens is 399 g/mol. The lowest BCUT2D eigenvalue weighted by atomic mass is 10.1. The van der Waals surface area contributed by atoms with Crippen LogP contribution in [-0.2, 0) is 6.54 Å². The van der Waals surface area contributed by atoms with Gasteiger partial charge in [-0.25, -0.2) is 18.9 Å². The van der Waals surface area contributed by atoms with Crippen LogP contribution < -0.4 is 19.7 Å². The highest BCUT2D eigenvalue weighted by atomic mass is 19.1. The molecule has 1 N–H and O–H groups in total. The number of aromatic nitrogens is 4. The predicted molar refractivity (Wildman–Crippen MR) is 113 cm³/mol. The first-order chi connectivity index (χ1) is 15.1. The van der Waals surface area contributed by atoms with Crippen LogP contribution in [-0.4, -0.2) is 44.4 Å². The smallest absolute Gasteiger partial charge is 0.218 e. The van der Waals surface area contributed by atoms with Crippen molar-refractivity contribution in [1.82, 2.24) is 24.9 Å². The number of hydrogen-bond donors (Lipinski definition) is 1. The van der Waals surface area contributed by atoms with Gasteiger partial charge in [-0.05, 0) is 32.3 Å². The molecule has 3 aromatic heterocycles. The molecule has 6 rings (SSSR count). The SMILES string of the molecule is C=C1N[C@@H]2CCC[C@@H]2Oc2ncc(F)cc2CN2c3nc4c1cnn4cc3OC[C@H]2C. The van der Waals surface area contributed by atoms with Crippen LogP contribution in [0.5, 0.6) is 11.6 Å². The monoisotopic (exact) mass is 422 g/mol. The van der Waals surface area contributed by atoms with Crippen molar-refractivity contribution in [3.63, 3.8) is 0 Å². The first-order valence-electron chi connectivity index (χ1n) is 10.6. The zero-order valence-corrected chi connectivity index (χ0v) is 17.2. The summed E-state index contributed by atoms with van der Waals surface area (Å²) < 4.78 is 28.2. The van der Waals surface area contributed by atoms with Gasteiger partial charge in [0.25, 0.3) is 0 Å². The fraction of sp³-hybridized carbons (Fsp3) is 0.409. The predicted octanol–water partition coefficient (Wildman–Crippen LogP) is 2.92. The van der Waals surface area contributed by atoms with E-state index in [4.69, 9.17) is 14.5 Å². The van der Waals surface area contributed by atoms with Crippen molar-refractivity contribution in [1.29, 1.82) is 0 Å². The molecule has 2 aliphatic heterocycles. The van der Waals surface area contributed by atoms with Gasteiger partial charge >= 0.3 is 0 Å². The number of anilines is 1. The Morgan fingerprint density at radius 1 is 1.29 bits per heavy atom. The van der Waals surface area contributed by atoms with Crippen molar-refractivity contribution in [2.24, 2.45) is 0 Å². The summed E-state index contributed by atoms with van der Waals surface area (Å²) in [5.74, 6) is 1.41. The number of rotatable bonds is 0. The standard InChI is InChI=1S/C22H23FN6O2/c1-12-11-30-19-10-29-20-16(8-25-29)13(2)26-17-4-3-5-18(17)31-22-14(6-15(23)7-24-22)9-28(12)21(19)27-20/h6-8,10,12,17-18,26H,2-5,9,11H2,1H3/t12-,17-,18+/m1/s1. The van der Waals surface area contributed by atoms with E-state index in [-0.39, 0.29) is 24.0 Å². The van der Waals surface area contributed by atoms with Crippen LogP contribution in [0.15, 0.2) is 31.2 Å². The number of ether oxygens (including phenoxy) is 2. The second-order valence-electron chi connectivity index (χ2n) is 8.48. The van der Waals surface area contributed by atoms with E-state index in [1.807, 2.05) is 6.20 Å². The molecule has 9 heteroatoms. The molecule has 3 aromatic rings. The van der Waals surface area contributed by atoms with E-state index in [9.17, 15) is 4.39 Å². The van der Waals surface area contributed by atoms with Crippen LogP contribution in [0.25, 0.3) is 11.3 Å². The quantitative estimate of drug-likeness (QED) is 0.597. The van der Waals surface area contributed by atoms with Gasteiger partial charge in [0.05, 0.1) is 42.8 Å². The van der Waals surface area contributed by atoms with Crippen molar-refractivity contribution in [3.8, 4) is 11.6 Å². The molecule has 0 unspecified atom stereocenters. The molecule has 1 aliphatic carbocycles. The summed E-state index contributed by atoms with van der Waals surface area (Å²) in [7, 11) is 0. The minimum atomic E-state index is -0.385. The third-order valence-corrected chi connectivity index (χ3v) is 6.36. The number of halogens is 1. The number of hydrogen-bond acceptors (Lipinski definition) is 7. The van der Waals surface area contributed by atoms with E-state index in [1.54, 1.807) is 10.7 Å². The Morgan fingerprint density at radius 2 is 2.19 bits per heavy atom. The van der Waals surface area contributed by atoms with Crippen molar-refractivity contribution < 1.29 is 13.9 Å². The van der Waals surface area contributed by atoms with Crippen LogP contribution in [0.4, 0.5) is 10.2 Å². The highest BCUT2D eigenvalue weighted by Gasteiger charge is 2.33. The lowest BCUT2D eigenvalue weighted by molar-refractivity contribution is 0.172. The number of nitrogens with one attached hydrogen (secondary N) is 1. The molecule has 31 heavy (non-hydrogen) atoms. The van der Waals surface area contributed by atoms with Gasteiger partial charge in [-0.1, -0.05) is 6.58 Å². The fourth-order valence-electron chi connectivity index (χ4n) is 4.69. The summed E-state index contributed by atoms with van der Waals surface area (Å²) in [6, 6.07) is 1.62. The Kier molecular flexibility index (Phi) is 4.06. The number of fused-ring (bicyclic) bond motifs is 2. The molecule has 0 spiro atoms. The highest BCUT2D eigenvalue weighted by molar-refractivity contribution is 5.75. The molecule has 3 atom stereocenters. The normalized spacial score (nSPS) is 24.9. The number of nitrogens with zero attached hydrogens (tertiary/aromatic N) is 5. The van der Waals surface area contributed by atoms with E-state index in [2.05, 4.69) is 33.8 Å². The first kappa shape index (κ1) is 18.4. The van der Waals surface area contributed by atoms with Gasteiger partial charge < -0.3 is 19.7 Å². The average Bonchev–Trinajstić information content (AvgIpc) is 3.36. The van der Waals surface area contributed by atoms with E-state index in [0.717, 1.165) is 30.5 Å². The van der Waals surface area contributed by atoms with Crippen LogP contribution >= 0.6 is 0 Å². The van der Waals surface area contributed by atoms with Crippen LogP contribution in [0.1, 0.15) is 37.3 Å². The van der Waals surface area contributed by atoms with Crippen LogP contribution in [0.3, 0.4) is 0 Å². The van der Waals surface area contributed by atoms with Crippen LogP contribution in [0.2, 0.25) is 0 Å². The second kappa shape index (κ2) is 6.83. The van der Waals surface area contributed by atoms with Crippen LogP contribution in [0, 0.1) is 5.82 Å². The molecule has 2 bridgehead atoms. The van der Waals surface area contributed by atoms with Crippen molar-refractivity contribution >= 4 is 17.2 Å². The molecule has 8 nitrogen and oxygen atoms in total. The van der Waals surface area contributed by atoms with E-state index in [0.29, 0.717) is 41.8 Å². The van der Waals surface area contributed by atoms with Gasteiger partial charge in [0.15, 0.2) is 17.2 Å². The van der Waals surface area contributed by atoms with Crippen molar-refractivity contribution in [2.45, 2.75) is 50.9 Å². The van der Waals surface area contributed by atoms with E-state index in [1.165, 1.54) is 12.3 Å². The maximum atomic E-state index is 14.2. The summed E-state index contributed by atoms with van der Waals surface area (Å²) in [5, 5.41) is 7.97. The molecular formula is C22H23FN6O2. The van der Waals surface area contributed by atoms with Gasteiger partial charge in [-0.15, -0.1) is 0 Å². The molecule has 0 saturated heterocycles. The summed E-state index contributed by atoms with van der Waals surface area (Å²) >= 11 is 0. The van der Waals surface area contributed by atoms with Gasteiger partial charge in [0, 0.05) is 11.3 Å². The maximum Gasteiger partial charge on any atom is 0.218 e. The minimum Gasteiger partial charge on any atom is -0.486 e. The Morgan fingerprint density at radius 3 is 3.10 bits per heavy atom. The van der Waals surface area contributed by atoms with E-state index < -0.39 is 0 Å². The zero-order valence-electron chi connectivity index (χ0n) is 17.2. The summed E-state index contributed by atoms with van der Waals surface area (Å²) in [4.78, 5) is 11.3. The first-order valence-corrected chi connectivity index (χ1v) is 10.6. The van der Waals surface area contributed by atoms with Gasteiger partial charge in [-0.2, -0.15) is 5.10 Å². The molecule has 5 heterocycles. The average molecular weight is 422 g/mol. The molecule has 1 saturated carbocycles. The molecule has 1 fully saturated rings. The Labute approximate surface area is 178 Å². The summed E-state index contributed by atoms with van der Waals surface area (Å²) in [5.41, 5.74) is 2.99. The lowest BCUT2D eigenvalue weighted by Crippen LogP contribution is -2.41. The second-order valence-corrected chi connectivity index (χ2v) is 8.48. The molecule has 160 valence electrons. The molecule has 0 radical (unpaired) electrons. The fourth-order valence-corrected chi connectivity index (χ4v) is 4.69. The molecule has 0 amide bonds. The largest absolute Gasteiger partial charge is 0.486 e. The lowest BCUT2D eigenvalue weighted by Gasteiger charge is -2.35. The van der Waals surface area contributed by atoms with Crippen molar-refractivity contribution in [3.05, 3.63) is 48.2 Å². The summed E-state index contributed by atoms with van der Waals surface area (Å²) in [6.07, 6.45) is 7.64. The summed E-state index contributed by atoms with van der Waals surface area (Å²) in [6.45, 7) is 7.22. The zero-order chi connectivity index (χ0) is 21.1. The van der Waals surface area contributed by atoms with Gasteiger partial charge in [0.1, 0.15) is 18.5 Å². The third-order valence-electron chi connectivity index (χ3n) is 6.36. The minimum absolute atomic E-state index is 0.0376. The highest BCUT2D eigenvalue weighted by Crippen LogP contribution is 2.37. The maximum absolute atomic E-state index is 14.2. The van der Waals surface area contributed by atoms with Crippen molar-refractivity contribution in [2.75, 3.05) is 11.5 Å². The molecule has 0 aromatic carbocycles. The Balaban J connectivity index is 1.55. The Hall–Kier alpha value is -3.36. The number of pyridine rings is 1. The topological polar surface area (TPSA) is 76.8 Å².